The molecule has 0 unspecified atom stereocenters. The van der Waals surface area contributed by atoms with Crippen LogP contribution in [0.1, 0.15) is 23.6 Å². The summed E-state index contributed by atoms with van der Waals surface area (Å²) < 4.78 is 12.8. The van der Waals surface area contributed by atoms with Crippen LogP contribution in [0.25, 0.3) is 5.70 Å². The molecule has 0 saturated carbocycles. The maximum Gasteiger partial charge on any atom is 0.123 e. The molecule has 0 aliphatic heterocycles. The van der Waals surface area contributed by atoms with Crippen LogP contribution in [0, 0.1) is 5.82 Å². The lowest BCUT2D eigenvalue weighted by atomic mass is 10.1. The van der Waals surface area contributed by atoms with E-state index in [1.54, 1.807) is 12.1 Å². The van der Waals surface area contributed by atoms with E-state index in [1.165, 1.54) is 17.7 Å². The van der Waals surface area contributed by atoms with Crippen LogP contribution in [0.2, 0.25) is 0 Å². The van der Waals surface area contributed by atoms with Crippen molar-refractivity contribution in [2.24, 2.45) is 4.99 Å². The number of nitrogens with zero attached hydrogens (tertiary/aromatic N) is 1. The molecule has 136 valence electrons. The minimum Gasteiger partial charge on any atom is -0.311 e. The van der Waals surface area contributed by atoms with Gasteiger partial charge in [0.2, 0.25) is 0 Å². The number of benzene rings is 2. The van der Waals surface area contributed by atoms with E-state index in [0.717, 1.165) is 43.0 Å². The highest BCUT2D eigenvalue weighted by atomic mass is 19.1. The Balaban J connectivity index is 1.69. The van der Waals surface area contributed by atoms with Crippen LogP contribution < -0.4 is 10.6 Å². The van der Waals surface area contributed by atoms with Crippen LogP contribution in [0.5, 0.6) is 0 Å². The van der Waals surface area contributed by atoms with Crippen molar-refractivity contribution in [2.45, 2.75) is 20.0 Å². The molecule has 0 aromatic heterocycles. The highest BCUT2D eigenvalue weighted by molar-refractivity contribution is 5.69. The van der Waals surface area contributed by atoms with Gasteiger partial charge in [0.25, 0.3) is 0 Å². The average molecular weight is 351 g/mol. The molecule has 0 atom stereocenters. The van der Waals surface area contributed by atoms with Crippen molar-refractivity contribution in [3.63, 3.8) is 0 Å². The Morgan fingerprint density at radius 1 is 0.962 bits per heavy atom. The van der Waals surface area contributed by atoms with Crippen molar-refractivity contribution in [1.82, 2.24) is 10.6 Å². The minimum atomic E-state index is -0.199. The molecule has 2 N–H and O–H groups in total. The van der Waals surface area contributed by atoms with Gasteiger partial charge in [0, 0.05) is 31.7 Å². The van der Waals surface area contributed by atoms with Crippen molar-refractivity contribution < 1.29 is 4.39 Å². The van der Waals surface area contributed by atoms with Crippen molar-refractivity contribution in [3.05, 3.63) is 89.3 Å². The maximum atomic E-state index is 12.8. The molecule has 0 bridgehead atoms. The quantitative estimate of drug-likeness (QED) is 0.380. The summed E-state index contributed by atoms with van der Waals surface area (Å²) in [5.74, 6) is -0.199. The molecular formula is C22H26FN3. The fourth-order valence-electron chi connectivity index (χ4n) is 2.47. The Labute approximate surface area is 155 Å². The third kappa shape index (κ3) is 6.75. The van der Waals surface area contributed by atoms with Crippen LogP contribution in [0.3, 0.4) is 0 Å². The molecule has 0 aliphatic rings. The summed E-state index contributed by atoms with van der Waals surface area (Å²) in [6, 6.07) is 14.9. The number of nitrogens with one attached hydrogen (secondary N) is 2. The second-order valence-corrected chi connectivity index (χ2v) is 5.91. The van der Waals surface area contributed by atoms with E-state index in [1.807, 2.05) is 25.2 Å². The zero-order chi connectivity index (χ0) is 18.6. The summed E-state index contributed by atoms with van der Waals surface area (Å²) in [7, 11) is 0. The van der Waals surface area contributed by atoms with Gasteiger partial charge in [-0.1, -0.05) is 48.6 Å². The van der Waals surface area contributed by atoms with E-state index in [2.05, 4.69) is 46.6 Å². The van der Waals surface area contributed by atoms with E-state index < -0.39 is 0 Å². The first-order valence-corrected chi connectivity index (χ1v) is 8.78. The standard InChI is InChI=1S/C22H26FN3/c1-3-4-5-22(24-2)20-10-6-18(7-11-20)16-25-14-15-26-17-19-8-12-21(23)13-9-19/h3-13,25-26H,2,14-17H2,1H3/b4-3-,22-5-. The zero-order valence-corrected chi connectivity index (χ0v) is 15.2. The van der Waals surface area contributed by atoms with Gasteiger partial charge in [-0.15, -0.1) is 0 Å². The number of halogens is 1. The second-order valence-electron chi connectivity index (χ2n) is 5.91. The molecule has 0 heterocycles. The van der Waals surface area contributed by atoms with Gasteiger partial charge in [-0.25, -0.2) is 4.39 Å². The summed E-state index contributed by atoms with van der Waals surface area (Å²) >= 11 is 0. The van der Waals surface area contributed by atoms with Crippen LogP contribution in [0.4, 0.5) is 4.39 Å². The molecule has 0 spiro atoms. The number of hydrogen-bond donors (Lipinski definition) is 2. The first-order chi connectivity index (χ1) is 12.7. The molecule has 0 radical (unpaired) electrons. The van der Waals surface area contributed by atoms with Gasteiger partial charge in [0.15, 0.2) is 0 Å². The summed E-state index contributed by atoms with van der Waals surface area (Å²) in [5.41, 5.74) is 4.23. The highest BCUT2D eigenvalue weighted by Crippen LogP contribution is 2.16. The third-order valence-electron chi connectivity index (χ3n) is 3.92. The summed E-state index contributed by atoms with van der Waals surface area (Å²) in [6.07, 6.45) is 5.87. The predicted molar refractivity (Wildman–Crippen MR) is 109 cm³/mol. The first kappa shape index (κ1) is 19.8. The molecule has 2 aromatic rings. The largest absolute Gasteiger partial charge is 0.311 e. The predicted octanol–water partition coefficient (Wildman–Crippen LogP) is 4.32. The van der Waals surface area contributed by atoms with Crippen LogP contribution >= 0.6 is 0 Å². The van der Waals surface area contributed by atoms with Crippen molar-refractivity contribution in [3.8, 4) is 0 Å². The lowest BCUT2D eigenvalue weighted by Crippen LogP contribution is -2.26. The average Bonchev–Trinajstić information content (AvgIpc) is 2.67. The van der Waals surface area contributed by atoms with Crippen LogP contribution in [0.15, 0.2) is 71.8 Å². The van der Waals surface area contributed by atoms with E-state index in [9.17, 15) is 4.39 Å². The SMILES string of the molecule is C=N/C(=C\C=C/C)c1ccc(CNCCNCc2ccc(F)cc2)cc1. The summed E-state index contributed by atoms with van der Waals surface area (Å²) in [4.78, 5) is 4.07. The number of aliphatic imine (C=N–C) groups is 1. The van der Waals surface area contributed by atoms with Gasteiger partial charge in [-0.3, -0.25) is 4.99 Å². The Morgan fingerprint density at radius 3 is 2.00 bits per heavy atom. The lowest BCUT2D eigenvalue weighted by molar-refractivity contribution is 0.607. The van der Waals surface area contributed by atoms with E-state index in [4.69, 9.17) is 0 Å². The summed E-state index contributed by atoms with van der Waals surface area (Å²) in [6.45, 7) is 8.87. The maximum absolute atomic E-state index is 12.8. The van der Waals surface area contributed by atoms with Crippen molar-refractivity contribution in [1.29, 1.82) is 0 Å². The Hall–Kier alpha value is -2.56. The molecule has 2 rings (SSSR count). The molecule has 4 heteroatoms. The van der Waals surface area contributed by atoms with Gasteiger partial charge < -0.3 is 10.6 Å². The fraction of sp³-hybridized carbons (Fsp3) is 0.227. The van der Waals surface area contributed by atoms with E-state index >= 15 is 0 Å². The molecule has 3 nitrogen and oxygen atoms in total. The number of rotatable bonds is 10. The Kier molecular flexibility index (Phi) is 8.46. The highest BCUT2D eigenvalue weighted by Gasteiger charge is 1.99. The van der Waals surface area contributed by atoms with Crippen LogP contribution in [-0.2, 0) is 13.1 Å². The molecule has 26 heavy (non-hydrogen) atoms. The summed E-state index contributed by atoms with van der Waals surface area (Å²) in [5, 5.41) is 6.75. The van der Waals surface area contributed by atoms with Gasteiger partial charge in [-0.2, -0.15) is 0 Å². The number of allylic oxidation sites excluding steroid dienone is 3. The smallest absolute Gasteiger partial charge is 0.123 e. The minimum absolute atomic E-state index is 0.199. The third-order valence-corrected chi connectivity index (χ3v) is 3.92. The van der Waals surface area contributed by atoms with Crippen molar-refractivity contribution in [2.75, 3.05) is 13.1 Å². The van der Waals surface area contributed by atoms with E-state index in [-0.39, 0.29) is 5.82 Å². The monoisotopic (exact) mass is 351 g/mol. The second kappa shape index (κ2) is 11.1. The molecule has 0 aliphatic carbocycles. The van der Waals surface area contributed by atoms with Crippen LogP contribution in [-0.4, -0.2) is 19.8 Å². The molecule has 0 amide bonds. The van der Waals surface area contributed by atoms with Gasteiger partial charge in [0.1, 0.15) is 5.82 Å². The first-order valence-electron chi connectivity index (χ1n) is 8.78. The molecule has 0 fully saturated rings. The van der Waals surface area contributed by atoms with Gasteiger partial charge in [-0.05, 0) is 43.0 Å². The normalized spacial score (nSPS) is 11.8. The molecule has 2 aromatic carbocycles. The van der Waals surface area contributed by atoms with Gasteiger partial charge >= 0.3 is 0 Å². The fourth-order valence-corrected chi connectivity index (χ4v) is 2.47. The van der Waals surface area contributed by atoms with Crippen molar-refractivity contribution >= 4 is 12.4 Å². The Bertz CT molecular complexity index is 731. The molecule has 0 saturated heterocycles. The number of hydrogen-bond acceptors (Lipinski definition) is 3. The molecular weight excluding hydrogens is 325 g/mol. The zero-order valence-electron chi connectivity index (χ0n) is 15.2. The Morgan fingerprint density at radius 2 is 1.50 bits per heavy atom. The van der Waals surface area contributed by atoms with E-state index in [0.29, 0.717) is 0 Å². The topological polar surface area (TPSA) is 36.4 Å². The van der Waals surface area contributed by atoms with Gasteiger partial charge in [0.05, 0.1) is 5.70 Å². The lowest BCUT2D eigenvalue weighted by Gasteiger charge is -2.08.